The number of carbonyl (C=O) groups is 2. The Kier molecular flexibility index (Phi) is 4.46. The number of hydrogen-bond acceptors (Lipinski definition) is 9. The van der Waals surface area contributed by atoms with E-state index in [0.717, 1.165) is 7.05 Å². The van der Waals surface area contributed by atoms with Gasteiger partial charge in [-0.1, -0.05) is 3.89 Å². The number of imide groups is 1. The maximum Gasteiger partial charge on any atom is 0.392 e. The molecule has 13 heteroatoms. The zero-order chi connectivity index (χ0) is 19.2. The number of aromatic nitrogens is 2. The number of nitrogens with zero attached hydrogens (tertiary/aromatic N) is 4. The van der Waals surface area contributed by atoms with Gasteiger partial charge in [0.2, 0.25) is 18.8 Å². The molecule has 0 aromatic carbocycles. The Morgan fingerprint density at radius 2 is 1.44 bits per heavy atom. The van der Waals surface area contributed by atoms with Gasteiger partial charge in [0.25, 0.3) is 11.8 Å². The van der Waals surface area contributed by atoms with E-state index < -0.39 is 49.2 Å². The van der Waals surface area contributed by atoms with Crippen molar-refractivity contribution in [1.29, 1.82) is 0 Å². The Balaban J connectivity index is 2.56. The fourth-order valence-corrected chi connectivity index (χ4v) is 3.10. The van der Waals surface area contributed by atoms with Gasteiger partial charge in [-0.25, -0.2) is 14.1 Å². The minimum absolute atomic E-state index is 0.0612. The summed E-state index contributed by atoms with van der Waals surface area (Å²) in [6.45, 7) is -0.842. The number of methoxy groups -OCH3 is 2. The molecule has 0 bridgehead atoms. The van der Waals surface area contributed by atoms with Crippen LogP contribution >= 0.6 is 0 Å². The maximum atomic E-state index is 12.4. The minimum atomic E-state index is -4.49. The van der Waals surface area contributed by atoms with Crippen molar-refractivity contribution >= 4 is 28.0 Å². The summed E-state index contributed by atoms with van der Waals surface area (Å²) in [4.78, 5) is 32.9. The first-order valence-corrected chi connectivity index (χ1v) is 8.41. The molecule has 1 fully saturated rings. The fourth-order valence-electron chi connectivity index (χ4n) is 2.42. The highest BCUT2D eigenvalue weighted by atomic mass is 32.2. The monoisotopic (exact) mass is 377 g/mol. The minimum Gasteiger partial charge on any atom is -0.499 e. The molecule has 1 saturated heterocycles. The Bertz CT molecular complexity index is 810. The van der Waals surface area contributed by atoms with Crippen molar-refractivity contribution in [2.45, 2.75) is 0 Å². The zero-order valence-electron chi connectivity index (χ0n) is 14.1. The molecule has 2 heterocycles. The van der Waals surface area contributed by atoms with Crippen LogP contribution in [-0.2, 0) is 19.8 Å². The predicted octanol–water partition coefficient (Wildman–Crippen LogP) is -2.15. The van der Waals surface area contributed by atoms with E-state index >= 15 is 0 Å². The lowest BCUT2D eigenvalue weighted by molar-refractivity contribution is -0.629. The molecule has 2 rings (SSSR count). The maximum absolute atomic E-state index is 12.4. The van der Waals surface area contributed by atoms with E-state index in [9.17, 15) is 23.1 Å². The number of nitrogens with two attached hydrogens (primary N) is 1. The van der Waals surface area contributed by atoms with Gasteiger partial charge >= 0.3 is 28.0 Å². The molecule has 0 saturated carbocycles. The molecular formula is C12H19N5O7S+2. The molecule has 0 atom stereocenters. The van der Waals surface area contributed by atoms with Crippen molar-refractivity contribution in [3.63, 3.8) is 0 Å². The van der Waals surface area contributed by atoms with Crippen LogP contribution in [0.4, 0.5) is 5.95 Å². The van der Waals surface area contributed by atoms with E-state index in [2.05, 4.69) is 9.97 Å². The largest absolute Gasteiger partial charge is 0.499 e. The van der Waals surface area contributed by atoms with E-state index in [1.54, 1.807) is 0 Å². The van der Waals surface area contributed by atoms with Gasteiger partial charge in [0.1, 0.15) is 7.05 Å². The predicted molar refractivity (Wildman–Crippen MR) is 83.6 cm³/mol. The third-order valence-corrected chi connectivity index (χ3v) is 5.53. The van der Waals surface area contributed by atoms with Crippen molar-refractivity contribution in [1.82, 2.24) is 14.5 Å². The normalized spacial score (nSPS) is 27.2. The van der Waals surface area contributed by atoms with Crippen LogP contribution in [0.5, 0.6) is 17.5 Å². The molecule has 3 N–H and O–H groups in total. The van der Waals surface area contributed by atoms with Gasteiger partial charge in [-0.3, -0.25) is 0 Å². The van der Waals surface area contributed by atoms with Crippen molar-refractivity contribution in [3.8, 4) is 17.5 Å². The Morgan fingerprint density at radius 3 is 1.76 bits per heavy atom. The first-order chi connectivity index (χ1) is 11.4. The van der Waals surface area contributed by atoms with Crippen molar-refractivity contribution in [3.05, 3.63) is 0 Å². The summed E-state index contributed by atoms with van der Waals surface area (Å²) in [5.74, 6) is -2.80. The number of hydrogen-bond donors (Lipinski definition) is 2. The van der Waals surface area contributed by atoms with Gasteiger partial charge in [0.05, 0.1) is 21.3 Å². The Hall–Kier alpha value is -2.35. The van der Waals surface area contributed by atoms with Crippen molar-refractivity contribution in [2.24, 2.45) is 5.14 Å². The van der Waals surface area contributed by atoms with E-state index in [1.165, 1.54) is 21.3 Å². The molecule has 1 aromatic rings. The summed E-state index contributed by atoms with van der Waals surface area (Å²) in [6.07, 6.45) is 0. The molecular weight excluding hydrogens is 358 g/mol. The topological polar surface area (TPSA) is 159 Å². The quantitative estimate of drug-likeness (QED) is 0.441. The summed E-state index contributed by atoms with van der Waals surface area (Å²) >= 11 is 0. The standard InChI is InChI=1S/C12H18N5O7S/c1-16(12-14-10(23-3)9(20)11(15-12)24-4)5-7(18)17(2,8(19)6-16)25(13,21)22/h5-6H2,1-4H3,(H2-,13,20,21,22)/q+1/p+1. The summed E-state index contributed by atoms with van der Waals surface area (Å²) in [7, 11) is 0.422. The number of carbonyl (C=O) groups excluding carboxylic acids is 2. The van der Waals surface area contributed by atoms with Crippen LogP contribution in [0.15, 0.2) is 0 Å². The van der Waals surface area contributed by atoms with Crippen LogP contribution in [0, 0.1) is 0 Å². The first kappa shape index (κ1) is 19.0. The second-order valence-electron chi connectivity index (χ2n) is 5.83. The van der Waals surface area contributed by atoms with Gasteiger partial charge < -0.3 is 14.6 Å². The summed E-state index contributed by atoms with van der Waals surface area (Å²) in [5.41, 5.74) is 0. The number of quaternary nitrogens is 2. The van der Waals surface area contributed by atoms with Gasteiger partial charge in [0.15, 0.2) is 0 Å². The third-order valence-electron chi connectivity index (χ3n) is 4.11. The molecule has 0 aliphatic carbocycles. The highest BCUT2D eigenvalue weighted by Crippen LogP contribution is 2.36. The van der Waals surface area contributed by atoms with Gasteiger partial charge in [-0.05, 0) is 0 Å². The number of piperazine rings is 1. The SMILES string of the molecule is COc1nc([N+]2(C)CC(=O)[N+](C)(S(N)(=O)=O)C(=O)C2)nc(OC)c1O. The molecule has 1 aromatic heterocycles. The molecule has 25 heavy (non-hydrogen) atoms. The summed E-state index contributed by atoms with van der Waals surface area (Å²) in [6, 6.07) is 0. The van der Waals surface area contributed by atoms with Crippen LogP contribution in [0.25, 0.3) is 0 Å². The number of ether oxygens (including phenoxy) is 2. The molecule has 1 aliphatic rings. The fraction of sp³-hybridized carbons (Fsp3) is 0.500. The molecule has 0 unspecified atom stereocenters. The molecule has 1 aliphatic heterocycles. The summed E-state index contributed by atoms with van der Waals surface area (Å²) in [5, 5.41) is 14.9. The van der Waals surface area contributed by atoms with Crippen LogP contribution < -0.4 is 19.1 Å². The molecule has 12 nitrogen and oxygen atoms in total. The average Bonchev–Trinajstić information content (AvgIpc) is 2.51. The Morgan fingerprint density at radius 1 is 1.04 bits per heavy atom. The molecule has 2 amide bonds. The summed E-state index contributed by atoms with van der Waals surface area (Å²) < 4.78 is 31.3. The molecule has 0 spiro atoms. The number of amides is 2. The second kappa shape index (κ2) is 5.87. The zero-order valence-corrected chi connectivity index (χ0v) is 14.9. The van der Waals surface area contributed by atoms with E-state index in [1.807, 2.05) is 0 Å². The Labute approximate surface area is 143 Å². The molecule has 0 radical (unpaired) electrons. The lowest BCUT2D eigenvalue weighted by Gasteiger charge is -2.37. The van der Waals surface area contributed by atoms with E-state index in [0.29, 0.717) is 0 Å². The lowest BCUT2D eigenvalue weighted by atomic mass is 10.2. The van der Waals surface area contributed by atoms with E-state index in [-0.39, 0.29) is 17.7 Å². The second-order valence-corrected chi connectivity index (χ2v) is 7.59. The highest BCUT2D eigenvalue weighted by Gasteiger charge is 2.60. The van der Waals surface area contributed by atoms with Crippen LogP contribution in [-0.4, -0.2) is 80.6 Å². The number of rotatable bonds is 4. The van der Waals surface area contributed by atoms with Gasteiger partial charge in [-0.15, -0.1) is 9.97 Å². The van der Waals surface area contributed by atoms with Crippen molar-refractivity contribution < 1.29 is 36.5 Å². The van der Waals surface area contributed by atoms with Crippen LogP contribution in [0.3, 0.4) is 0 Å². The molecule has 138 valence electrons. The van der Waals surface area contributed by atoms with Crippen molar-refractivity contribution in [2.75, 3.05) is 41.4 Å². The first-order valence-electron chi connectivity index (χ1n) is 6.91. The van der Waals surface area contributed by atoms with Crippen LogP contribution in [0.2, 0.25) is 0 Å². The lowest BCUT2D eigenvalue weighted by Crippen LogP contribution is -2.73. The van der Waals surface area contributed by atoms with E-state index in [4.69, 9.17) is 14.6 Å². The van der Waals surface area contributed by atoms with Gasteiger partial charge in [-0.2, -0.15) is 13.6 Å². The smallest absolute Gasteiger partial charge is 0.392 e. The number of likely N-dealkylation sites (N-methyl/N-ethyl adjacent to an activating group) is 2. The average molecular weight is 377 g/mol. The van der Waals surface area contributed by atoms with Gasteiger partial charge in [0, 0.05) is 0 Å². The third kappa shape index (κ3) is 2.80. The van der Waals surface area contributed by atoms with Crippen LogP contribution in [0.1, 0.15) is 0 Å². The highest BCUT2D eigenvalue weighted by molar-refractivity contribution is 7.84. The number of aromatic hydroxyl groups is 1.